The largest absolute Gasteiger partial charge is 0.352 e. The van der Waals surface area contributed by atoms with Gasteiger partial charge in [-0.15, -0.1) is 0 Å². The predicted molar refractivity (Wildman–Crippen MR) is 51.8 cm³/mol. The maximum absolute atomic E-state index is 8.49. The van der Waals surface area contributed by atoms with Crippen LogP contribution in [0.25, 0.3) is 0 Å². The molecule has 1 aromatic rings. The highest BCUT2D eigenvalue weighted by Crippen LogP contribution is 2.17. The van der Waals surface area contributed by atoms with E-state index in [1.807, 2.05) is 24.3 Å². The molecular weight excluding hydrogens is 182 g/mol. The van der Waals surface area contributed by atoms with E-state index in [1.54, 1.807) is 14.2 Å². The van der Waals surface area contributed by atoms with Crippen LogP contribution in [0.1, 0.15) is 17.4 Å². The third-order valence-electron chi connectivity index (χ3n) is 1.96. The first-order valence-electron chi connectivity index (χ1n) is 4.33. The minimum atomic E-state index is -0.328. The minimum Gasteiger partial charge on any atom is -0.352 e. The maximum atomic E-state index is 8.49. The maximum Gasteiger partial charge on any atom is 0.183 e. The number of hydroxylamine groups is 1. The van der Waals surface area contributed by atoms with Crippen molar-refractivity contribution < 1.29 is 14.7 Å². The molecule has 0 amide bonds. The lowest BCUT2D eigenvalue weighted by Gasteiger charge is -2.13. The second-order valence-corrected chi connectivity index (χ2v) is 2.88. The van der Waals surface area contributed by atoms with Crippen LogP contribution in [0.15, 0.2) is 24.3 Å². The van der Waals surface area contributed by atoms with Crippen LogP contribution in [0.4, 0.5) is 0 Å². The fourth-order valence-electron chi connectivity index (χ4n) is 1.25. The predicted octanol–water partition coefficient (Wildman–Crippen LogP) is 1.46. The highest BCUT2D eigenvalue weighted by Gasteiger charge is 2.07. The van der Waals surface area contributed by atoms with Gasteiger partial charge in [-0.05, 0) is 5.56 Å². The van der Waals surface area contributed by atoms with Gasteiger partial charge in [-0.1, -0.05) is 24.3 Å². The van der Waals surface area contributed by atoms with E-state index in [-0.39, 0.29) is 6.29 Å². The Kier molecular flexibility index (Phi) is 4.55. The fraction of sp³-hybridized carbons (Fsp3) is 0.400. The number of nitrogens with one attached hydrogen (secondary N) is 1. The number of methoxy groups -OCH3 is 2. The lowest BCUT2D eigenvalue weighted by molar-refractivity contribution is -0.106. The van der Waals surface area contributed by atoms with Crippen LogP contribution in [0.3, 0.4) is 0 Å². The molecule has 78 valence electrons. The second kappa shape index (κ2) is 5.72. The summed E-state index contributed by atoms with van der Waals surface area (Å²) < 4.78 is 10.2. The third kappa shape index (κ3) is 2.78. The molecule has 0 fully saturated rings. The molecule has 0 bridgehead atoms. The number of rotatable bonds is 5. The van der Waals surface area contributed by atoms with Crippen LogP contribution in [0, 0.1) is 0 Å². The molecule has 0 aliphatic rings. The Morgan fingerprint density at radius 1 is 1.21 bits per heavy atom. The van der Waals surface area contributed by atoms with Gasteiger partial charge in [0, 0.05) is 26.3 Å². The topological polar surface area (TPSA) is 50.7 Å². The molecule has 0 unspecified atom stereocenters. The molecule has 0 saturated carbocycles. The van der Waals surface area contributed by atoms with E-state index in [0.29, 0.717) is 6.54 Å². The summed E-state index contributed by atoms with van der Waals surface area (Å²) in [6.45, 7) is 0.435. The molecular formula is C10H15NO3. The van der Waals surface area contributed by atoms with E-state index >= 15 is 0 Å². The van der Waals surface area contributed by atoms with Crippen LogP contribution in [-0.2, 0) is 16.0 Å². The monoisotopic (exact) mass is 197 g/mol. The smallest absolute Gasteiger partial charge is 0.183 e. The van der Waals surface area contributed by atoms with E-state index in [1.165, 1.54) is 0 Å². The van der Waals surface area contributed by atoms with Gasteiger partial charge in [0.05, 0.1) is 0 Å². The zero-order chi connectivity index (χ0) is 10.4. The first kappa shape index (κ1) is 11.1. The number of ether oxygens (including phenoxy) is 2. The van der Waals surface area contributed by atoms with Crippen molar-refractivity contribution in [3.8, 4) is 0 Å². The Labute approximate surface area is 83.4 Å². The molecule has 0 atom stereocenters. The van der Waals surface area contributed by atoms with Crippen LogP contribution < -0.4 is 5.48 Å². The van der Waals surface area contributed by atoms with E-state index in [0.717, 1.165) is 11.1 Å². The zero-order valence-corrected chi connectivity index (χ0v) is 8.36. The van der Waals surface area contributed by atoms with Gasteiger partial charge in [-0.2, -0.15) is 0 Å². The van der Waals surface area contributed by atoms with Gasteiger partial charge in [0.25, 0.3) is 0 Å². The number of hydrogen-bond donors (Lipinski definition) is 2. The summed E-state index contributed by atoms with van der Waals surface area (Å²) in [7, 11) is 3.19. The van der Waals surface area contributed by atoms with Gasteiger partial charge in [-0.3, -0.25) is 0 Å². The highest BCUT2D eigenvalue weighted by atomic mass is 16.7. The van der Waals surface area contributed by atoms with Gasteiger partial charge in [0.15, 0.2) is 6.29 Å². The second-order valence-electron chi connectivity index (χ2n) is 2.88. The van der Waals surface area contributed by atoms with Gasteiger partial charge in [0.2, 0.25) is 0 Å². The number of benzene rings is 1. The Bertz CT molecular complexity index is 257. The SMILES string of the molecule is COC(OC)c1ccc(CNO)cc1. The molecule has 0 spiro atoms. The molecule has 0 heterocycles. The van der Waals surface area contributed by atoms with Crippen LogP contribution in [0.2, 0.25) is 0 Å². The van der Waals surface area contributed by atoms with Crippen LogP contribution in [-0.4, -0.2) is 19.4 Å². The molecule has 0 aromatic heterocycles. The highest BCUT2D eigenvalue weighted by molar-refractivity contribution is 5.23. The Hall–Kier alpha value is -0.940. The summed E-state index contributed by atoms with van der Waals surface area (Å²) in [5.74, 6) is 0. The van der Waals surface area contributed by atoms with Gasteiger partial charge in [0.1, 0.15) is 0 Å². The molecule has 2 N–H and O–H groups in total. The van der Waals surface area contributed by atoms with Crippen molar-refractivity contribution in [1.29, 1.82) is 0 Å². The minimum absolute atomic E-state index is 0.328. The molecule has 0 aliphatic heterocycles. The van der Waals surface area contributed by atoms with Gasteiger partial charge in [-0.25, -0.2) is 5.48 Å². The Morgan fingerprint density at radius 3 is 2.21 bits per heavy atom. The van der Waals surface area contributed by atoms with Crippen molar-refractivity contribution in [2.45, 2.75) is 12.8 Å². The zero-order valence-electron chi connectivity index (χ0n) is 8.36. The lowest BCUT2D eigenvalue weighted by Crippen LogP contribution is -2.07. The first-order chi connectivity index (χ1) is 6.81. The Balaban J connectivity index is 2.71. The lowest BCUT2D eigenvalue weighted by atomic mass is 10.1. The standard InChI is InChI=1S/C10H15NO3/c1-13-10(14-2)9-5-3-8(4-6-9)7-11-12/h3-6,10-12H,7H2,1-2H3. The normalized spacial score (nSPS) is 10.9. The fourth-order valence-corrected chi connectivity index (χ4v) is 1.25. The van der Waals surface area contributed by atoms with Gasteiger partial charge < -0.3 is 14.7 Å². The summed E-state index contributed by atoms with van der Waals surface area (Å²) in [5, 5.41) is 8.49. The first-order valence-corrected chi connectivity index (χ1v) is 4.33. The summed E-state index contributed by atoms with van der Waals surface area (Å²) in [5.41, 5.74) is 4.06. The van der Waals surface area contributed by atoms with Crippen molar-refractivity contribution >= 4 is 0 Å². The van der Waals surface area contributed by atoms with Crippen molar-refractivity contribution in [1.82, 2.24) is 5.48 Å². The van der Waals surface area contributed by atoms with E-state index in [2.05, 4.69) is 5.48 Å². The summed E-state index contributed by atoms with van der Waals surface area (Å²) >= 11 is 0. The summed E-state index contributed by atoms with van der Waals surface area (Å²) in [4.78, 5) is 0. The van der Waals surface area contributed by atoms with Crippen molar-refractivity contribution in [3.05, 3.63) is 35.4 Å². The van der Waals surface area contributed by atoms with Gasteiger partial charge >= 0.3 is 0 Å². The molecule has 0 radical (unpaired) electrons. The molecule has 0 saturated heterocycles. The van der Waals surface area contributed by atoms with Crippen molar-refractivity contribution in [2.75, 3.05) is 14.2 Å². The molecule has 4 heteroatoms. The molecule has 1 rings (SSSR count). The average molecular weight is 197 g/mol. The average Bonchev–Trinajstić information content (AvgIpc) is 2.23. The van der Waals surface area contributed by atoms with Crippen molar-refractivity contribution in [3.63, 3.8) is 0 Å². The summed E-state index contributed by atoms with van der Waals surface area (Å²) in [6, 6.07) is 7.63. The van der Waals surface area contributed by atoms with Crippen molar-refractivity contribution in [2.24, 2.45) is 0 Å². The quantitative estimate of drug-likeness (QED) is 0.554. The van der Waals surface area contributed by atoms with E-state index in [4.69, 9.17) is 14.7 Å². The Morgan fingerprint density at radius 2 is 1.79 bits per heavy atom. The number of hydrogen-bond acceptors (Lipinski definition) is 4. The van der Waals surface area contributed by atoms with Crippen LogP contribution >= 0.6 is 0 Å². The molecule has 1 aromatic carbocycles. The van der Waals surface area contributed by atoms with E-state index < -0.39 is 0 Å². The molecule has 14 heavy (non-hydrogen) atoms. The third-order valence-corrected chi connectivity index (χ3v) is 1.96. The van der Waals surface area contributed by atoms with E-state index in [9.17, 15) is 0 Å². The molecule has 4 nitrogen and oxygen atoms in total. The molecule has 0 aliphatic carbocycles. The summed E-state index contributed by atoms with van der Waals surface area (Å²) in [6.07, 6.45) is -0.328. The van der Waals surface area contributed by atoms with Crippen LogP contribution in [0.5, 0.6) is 0 Å².